The molecule has 1 heterocycles. The highest BCUT2D eigenvalue weighted by molar-refractivity contribution is 5.56. The minimum Gasteiger partial charge on any atom is -0.444 e. The van der Waals surface area contributed by atoms with Crippen LogP contribution in [0.2, 0.25) is 0 Å². The molecule has 0 amide bonds. The Morgan fingerprint density at radius 3 is 2.67 bits per heavy atom. The van der Waals surface area contributed by atoms with Crippen LogP contribution in [0.15, 0.2) is 41.3 Å². The average Bonchev–Trinajstić information content (AvgIpc) is 2.80. The van der Waals surface area contributed by atoms with E-state index in [1.54, 1.807) is 6.20 Å². The van der Waals surface area contributed by atoms with Crippen LogP contribution in [0.4, 0.5) is 0 Å². The molecular weight excluding hydrogens is 188 g/mol. The molecule has 0 aliphatic heterocycles. The van der Waals surface area contributed by atoms with Crippen molar-refractivity contribution in [2.75, 3.05) is 13.6 Å². The zero-order valence-electron chi connectivity index (χ0n) is 8.73. The molecule has 0 bridgehead atoms. The fourth-order valence-corrected chi connectivity index (χ4v) is 1.46. The summed E-state index contributed by atoms with van der Waals surface area (Å²) in [7, 11) is 1.96. The van der Waals surface area contributed by atoms with Crippen molar-refractivity contribution in [2.45, 2.75) is 6.42 Å². The van der Waals surface area contributed by atoms with Crippen molar-refractivity contribution >= 4 is 0 Å². The molecular formula is C12H14N2O. The van der Waals surface area contributed by atoms with Gasteiger partial charge in [0.1, 0.15) is 0 Å². The summed E-state index contributed by atoms with van der Waals surface area (Å²) in [5, 5.41) is 3.13. The summed E-state index contributed by atoms with van der Waals surface area (Å²) in [5.41, 5.74) is 2.40. The van der Waals surface area contributed by atoms with E-state index < -0.39 is 0 Å². The van der Waals surface area contributed by atoms with Gasteiger partial charge in [-0.15, -0.1) is 0 Å². The third-order valence-corrected chi connectivity index (χ3v) is 2.33. The van der Waals surface area contributed by atoms with Gasteiger partial charge in [0.25, 0.3) is 0 Å². The molecule has 0 atom stereocenters. The number of nitrogens with zero attached hydrogens (tertiary/aromatic N) is 1. The predicted molar refractivity (Wildman–Crippen MR) is 59.6 cm³/mol. The maximum atomic E-state index is 5.22. The number of hydrogen-bond donors (Lipinski definition) is 1. The van der Waals surface area contributed by atoms with Gasteiger partial charge in [-0.3, -0.25) is 0 Å². The summed E-state index contributed by atoms with van der Waals surface area (Å²) in [6, 6.07) is 8.36. The van der Waals surface area contributed by atoms with Crippen LogP contribution in [0, 0.1) is 0 Å². The molecule has 0 fully saturated rings. The first-order valence-electron chi connectivity index (χ1n) is 5.02. The first kappa shape index (κ1) is 9.93. The standard InChI is InChI=1S/C12H14N2O/c1-13-7-6-10-2-4-11(5-3-10)12-8-14-9-15-12/h2-5,8-9,13H,6-7H2,1H3. The monoisotopic (exact) mass is 202 g/mol. The molecule has 0 spiro atoms. The van der Waals surface area contributed by atoms with Gasteiger partial charge in [-0.05, 0) is 25.6 Å². The third kappa shape index (κ3) is 2.44. The number of nitrogens with one attached hydrogen (secondary N) is 1. The van der Waals surface area contributed by atoms with Gasteiger partial charge in [-0.25, -0.2) is 4.98 Å². The highest BCUT2D eigenvalue weighted by atomic mass is 16.3. The normalized spacial score (nSPS) is 10.5. The summed E-state index contributed by atoms with van der Waals surface area (Å²) in [4.78, 5) is 3.89. The lowest BCUT2D eigenvalue weighted by Gasteiger charge is -2.01. The summed E-state index contributed by atoms with van der Waals surface area (Å²) in [6.07, 6.45) is 4.22. The van der Waals surface area contributed by atoms with E-state index in [4.69, 9.17) is 4.42 Å². The van der Waals surface area contributed by atoms with Crippen LogP contribution in [-0.4, -0.2) is 18.6 Å². The van der Waals surface area contributed by atoms with Gasteiger partial charge >= 0.3 is 0 Å². The van der Waals surface area contributed by atoms with Crippen molar-refractivity contribution in [3.05, 3.63) is 42.4 Å². The Morgan fingerprint density at radius 1 is 1.27 bits per heavy atom. The molecule has 78 valence electrons. The quantitative estimate of drug-likeness (QED) is 0.825. The molecule has 0 aliphatic rings. The van der Waals surface area contributed by atoms with Crippen molar-refractivity contribution < 1.29 is 4.42 Å². The Hall–Kier alpha value is -1.61. The SMILES string of the molecule is CNCCc1ccc(-c2cnco2)cc1. The summed E-state index contributed by atoms with van der Waals surface area (Å²) in [6.45, 7) is 1.00. The van der Waals surface area contributed by atoms with E-state index in [1.807, 2.05) is 7.05 Å². The zero-order valence-corrected chi connectivity index (χ0v) is 8.73. The van der Waals surface area contributed by atoms with E-state index in [9.17, 15) is 0 Å². The number of likely N-dealkylation sites (N-methyl/N-ethyl adjacent to an activating group) is 1. The maximum Gasteiger partial charge on any atom is 0.181 e. The first-order chi connectivity index (χ1) is 7.40. The van der Waals surface area contributed by atoms with E-state index in [2.05, 4.69) is 34.6 Å². The van der Waals surface area contributed by atoms with Crippen LogP contribution in [0.3, 0.4) is 0 Å². The fourth-order valence-electron chi connectivity index (χ4n) is 1.46. The second-order valence-corrected chi connectivity index (χ2v) is 3.42. The number of aromatic nitrogens is 1. The predicted octanol–water partition coefficient (Wildman–Crippen LogP) is 2.10. The highest BCUT2D eigenvalue weighted by Gasteiger charge is 2.00. The zero-order chi connectivity index (χ0) is 10.5. The van der Waals surface area contributed by atoms with Crippen LogP contribution in [-0.2, 0) is 6.42 Å². The molecule has 2 aromatic rings. The molecule has 1 aromatic carbocycles. The van der Waals surface area contributed by atoms with Crippen LogP contribution < -0.4 is 5.32 Å². The molecule has 3 heteroatoms. The molecule has 15 heavy (non-hydrogen) atoms. The van der Waals surface area contributed by atoms with E-state index in [-0.39, 0.29) is 0 Å². The number of rotatable bonds is 4. The second kappa shape index (κ2) is 4.75. The molecule has 0 unspecified atom stereocenters. The number of hydrogen-bond acceptors (Lipinski definition) is 3. The van der Waals surface area contributed by atoms with Gasteiger partial charge < -0.3 is 9.73 Å². The molecule has 3 nitrogen and oxygen atoms in total. The topological polar surface area (TPSA) is 38.1 Å². The fraction of sp³-hybridized carbons (Fsp3) is 0.250. The Balaban J connectivity index is 2.11. The molecule has 0 radical (unpaired) electrons. The Morgan fingerprint density at radius 2 is 2.07 bits per heavy atom. The maximum absolute atomic E-state index is 5.22. The van der Waals surface area contributed by atoms with Crippen LogP contribution in [0.25, 0.3) is 11.3 Å². The van der Waals surface area contributed by atoms with Gasteiger partial charge in [-0.2, -0.15) is 0 Å². The van der Waals surface area contributed by atoms with Crippen LogP contribution in [0.1, 0.15) is 5.56 Å². The molecule has 2 rings (SSSR count). The van der Waals surface area contributed by atoms with Crippen molar-refractivity contribution in [2.24, 2.45) is 0 Å². The van der Waals surface area contributed by atoms with Crippen molar-refractivity contribution in [1.29, 1.82) is 0 Å². The molecule has 0 saturated carbocycles. The summed E-state index contributed by atoms with van der Waals surface area (Å²) in [5.74, 6) is 0.815. The number of oxazole rings is 1. The Labute approximate surface area is 89.1 Å². The van der Waals surface area contributed by atoms with E-state index in [0.717, 1.165) is 24.3 Å². The number of benzene rings is 1. The lowest BCUT2D eigenvalue weighted by atomic mass is 10.1. The first-order valence-corrected chi connectivity index (χ1v) is 5.02. The highest BCUT2D eigenvalue weighted by Crippen LogP contribution is 2.18. The Bertz CT molecular complexity index is 392. The summed E-state index contributed by atoms with van der Waals surface area (Å²) < 4.78 is 5.22. The molecule has 1 aromatic heterocycles. The van der Waals surface area contributed by atoms with E-state index >= 15 is 0 Å². The molecule has 1 N–H and O–H groups in total. The van der Waals surface area contributed by atoms with Crippen molar-refractivity contribution in [1.82, 2.24) is 10.3 Å². The van der Waals surface area contributed by atoms with Gasteiger partial charge in [0.2, 0.25) is 0 Å². The second-order valence-electron chi connectivity index (χ2n) is 3.42. The van der Waals surface area contributed by atoms with Crippen LogP contribution in [0.5, 0.6) is 0 Å². The lowest BCUT2D eigenvalue weighted by Crippen LogP contribution is -2.10. The largest absolute Gasteiger partial charge is 0.444 e. The molecule has 0 aliphatic carbocycles. The van der Waals surface area contributed by atoms with E-state index in [0.29, 0.717) is 0 Å². The summed E-state index contributed by atoms with van der Waals surface area (Å²) >= 11 is 0. The average molecular weight is 202 g/mol. The van der Waals surface area contributed by atoms with Gasteiger partial charge in [0.15, 0.2) is 12.2 Å². The van der Waals surface area contributed by atoms with E-state index in [1.165, 1.54) is 12.0 Å². The smallest absolute Gasteiger partial charge is 0.181 e. The van der Waals surface area contributed by atoms with Gasteiger partial charge in [0, 0.05) is 5.56 Å². The van der Waals surface area contributed by atoms with Gasteiger partial charge in [-0.1, -0.05) is 24.3 Å². The van der Waals surface area contributed by atoms with Gasteiger partial charge in [0.05, 0.1) is 6.20 Å². The minimum absolute atomic E-state index is 0.815. The molecule has 0 saturated heterocycles. The lowest BCUT2D eigenvalue weighted by molar-refractivity contribution is 0.572. The minimum atomic E-state index is 0.815. The third-order valence-electron chi connectivity index (χ3n) is 2.33. The van der Waals surface area contributed by atoms with Crippen LogP contribution >= 0.6 is 0 Å². The Kier molecular flexibility index (Phi) is 3.15. The van der Waals surface area contributed by atoms with Crippen molar-refractivity contribution in [3.63, 3.8) is 0 Å². The van der Waals surface area contributed by atoms with Crippen molar-refractivity contribution in [3.8, 4) is 11.3 Å².